The molecule has 2 aliphatic carbocycles. The van der Waals surface area contributed by atoms with E-state index in [9.17, 15) is 39.6 Å². The summed E-state index contributed by atoms with van der Waals surface area (Å²) in [6.45, 7) is 12.6. The number of likely N-dealkylation sites (N-methyl/N-ethyl adjacent to an activating group) is 2. The number of nitrogens with zero attached hydrogens (tertiary/aromatic N) is 2. The Morgan fingerprint density at radius 3 is 1.60 bits per heavy atom. The van der Waals surface area contributed by atoms with E-state index in [-0.39, 0.29) is 78.4 Å². The molecule has 24 nitrogen and oxygen atoms in total. The van der Waals surface area contributed by atoms with Crippen LogP contribution >= 0.6 is 0 Å². The SMILES string of the molecule is CCC1(O)CC(OC2CC(N(C)C)C(OC3CC4OC5CC(=O)C(C)OC5OC4C(C)O3)C(C)O2)c2c(O)c3c(c(O)c2C1OC1CC(N(C)C)C(OC2CC4OC5OC(C)C(=O)CC5OC4C(C)O2)C(C)O1)C(=O)c1cccc(O)c1C3=O. The van der Waals surface area contributed by atoms with Gasteiger partial charge in [0.2, 0.25) is 5.78 Å². The summed E-state index contributed by atoms with van der Waals surface area (Å²) in [5, 5.41) is 49.5. The molecule has 0 bridgehead atoms. The molecule has 8 aliphatic heterocycles. The van der Waals surface area contributed by atoms with Gasteiger partial charge in [-0.15, -0.1) is 0 Å². The molecule has 10 aliphatic rings. The van der Waals surface area contributed by atoms with Crippen LogP contribution in [-0.2, 0) is 75.9 Å². The number of fused-ring (bicyclic) bond motifs is 7. The summed E-state index contributed by atoms with van der Waals surface area (Å²) >= 11 is 0. The Labute approximate surface area is 487 Å². The third-order valence-electron chi connectivity index (χ3n) is 19.1. The second-order valence-corrected chi connectivity index (χ2v) is 25.0. The first-order chi connectivity index (χ1) is 39.9. The van der Waals surface area contributed by atoms with Crippen molar-refractivity contribution in [1.29, 1.82) is 0 Å². The summed E-state index contributed by atoms with van der Waals surface area (Å²) in [5.41, 5.74) is -3.77. The van der Waals surface area contributed by atoms with Crippen molar-refractivity contribution in [2.24, 2.45) is 0 Å². The quantitative estimate of drug-likeness (QED) is 0.196. The number of carbonyl (C=O) groups excluding carboxylic acids is 4. The number of rotatable bonds is 11. The van der Waals surface area contributed by atoms with Gasteiger partial charge < -0.3 is 96.5 Å². The number of hydrogen-bond acceptors (Lipinski definition) is 24. The first kappa shape index (κ1) is 60.1. The first-order valence-electron chi connectivity index (χ1n) is 29.7. The Balaban J connectivity index is 0.806. The normalized spacial score (nSPS) is 43.9. The van der Waals surface area contributed by atoms with Gasteiger partial charge in [-0.2, -0.15) is 0 Å². The highest BCUT2D eigenvalue weighted by atomic mass is 16.8. The molecule has 24 heteroatoms. The molecule has 462 valence electrons. The lowest BCUT2D eigenvalue weighted by molar-refractivity contribution is -0.372. The number of hydrogen-bond donors (Lipinski definition) is 4. The molecule has 0 aromatic heterocycles. The van der Waals surface area contributed by atoms with E-state index in [0.29, 0.717) is 12.8 Å². The van der Waals surface area contributed by atoms with E-state index < -0.39 is 187 Å². The van der Waals surface area contributed by atoms with Crippen LogP contribution in [0, 0.1) is 0 Å². The molecule has 0 spiro atoms. The van der Waals surface area contributed by atoms with Crippen LogP contribution in [0.4, 0.5) is 0 Å². The molecule has 8 saturated heterocycles. The zero-order valence-electron chi connectivity index (χ0n) is 49.3. The van der Waals surface area contributed by atoms with Crippen LogP contribution in [0.3, 0.4) is 0 Å². The number of ether oxygens (including phenoxy) is 14. The van der Waals surface area contributed by atoms with Gasteiger partial charge in [-0.05, 0) is 82.2 Å². The topological polar surface area (TPSA) is 285 Å². The van der Waals surface area contributed by atoms with E-state index >= 15 is 0 Å². The molecule has 2 aromatic rings. The Morgan fingerprint density at radius 1 is 0.536 bits per heavy atom. The summed E-state index contributed by atoms with van der Waals surface area (Å²) in [6, 6.07) is 3.24. The maximum absolute atomic E-state index is 14.6. The highest BCUT2D eigenvalue weighted by molar-refractivity contribution is 6.31. The molecule has 8 fully saturated rings. The number of Topliss-reactive ketones (excluding diaryl/α,β-unsaturated/α-hetero) is 2. The molecule has 2 aromatic carbocycles. The van der Waals surface area contributed by atoms with Crippen LogP contribution in [0.5, 0.6) is 17.2 Å². The van der Waals surface area contributed by atoms with Crippen LogP contribution in [0.15, 0.2) is 18.2 Å². The zero-order valence-corrected chi connectivity index (χ0v) is 49.3. The minimum Gasteiger partial charge on any atom is -0.507 e. The highest BCUT2D eigenvalue weighted by Gasteiger charge is 2.57. The minimum atomic E-state index is -1.89. The highest BCUT2D eigenvalue weighted by Crippen LogP contribution is 2.58. The fourth-order valence-corrected chi connectivity index (χ4v) is 14.5. The van der Waals surface area contributed by atoms with Crippen LogP contribution in [0.2, 0.25) is 0 Å². The number of carbonyl (C=O) groups is 4. The summed E-state index contributed by atoms with van der Waals surface area (Å²) in [5.74, 6) is -3.76. The standard InChI is InChI=1S/C60H80N2O22/c1-12-60(70)22-39(78-40-16-30(61(8)9)53(25(4)71-40)81-42-20-35-56(28(7)74-42)84-59-37(77-35)18-33(64)24(3)76-59)45-48(52(69)46-47(51(45)68)50(67)44-29(49(46)66)14-13-15-32(44)63)57(60)83-41-17-31(62(10)11)54(26(5)72-41)82-43-21-36-55(27(6)73-43)79-38-19-34(65)23(2)75-58(38)80-36/h13-15,23-28,30-31,35-43,53-59,63,68-70H,12,16-22H2,1-11H3. The molecule has 4 N–H and O–H groups in total. The lowest BCUT2D eigenvalue weighted by Crippen LogP contribution is -2.62. The monoisotopic (exact) mass is 1180 g/mol. The fourth-order valence-electron chi connectivity index (χ4n) is 14.5. The van der Waals surface area contributed by atoms with Crippen molar-refractivity contribution >= 4 is 23.1 Å². The number of phenolic OH excluding ortho intramolecular Hbond substituents is 3. The Hall–Kier alpha value is -4.16. The maximum Gasteiger partial charge on any atom is 0.202 e. The molecule has 0 amide bonds. The van der Waals surface area contributed by atoms with Gasteiger partial charge in [0, 0.05) is 73.7 Å². The van der Waals surface area contributed by atoms with Crippen molar-refractivity contribution in [3.05, 3.63) is 51.6 Å². The predicted octanol–water partition coefficient (Wildman–Crippen LogP) is 4.12. The average molecular weight is 1180 g/mol. The third kappa shape index (κ3) is 10.6. The number of aliphatic hydroxyl groups is 1. The van der Waals surface area contributed by atoms with Gasteiger partial charge in [0.05, 0.1) is 65.0 Å². The maximum atomic E-state index is 14.6. The van der Waals surface area contributed by atoms with Crippen LogP contribution in [0.25, 0.3) is 0 Å². The van der Waals surface area contributed by atoms with Gasteiger partial charge >= 0.3 is 0 Å². The number of aromatic hydroxyl groups is 3. The summed E-state index contributed by atoms with van der Waals surface area (Å²) in [4.78, 5) is 58.1. The molecular weight excluding hydrogens is 1100 g/mol. The number of benzene rings is 2. The van der Waals surface area contributed by atoms with Crippen molar-refractivity contribution in [2.45, 2.75) is 253 Å². The smallest absolute Gasteiger partial charge is 0.202 e. The Kier molecular flexibility index (Phi) is 16.5. The summed E-state index contributed by atoms with van der Waals surface area (Å²) in [7, 11) is 7.57. The molecule has 12 rings (SSSR count). The van der Waals surface area contributed by atoms with Crippen molar-refractivity contribution < 1.29 is 106 Å². The Morgan fingerprint density at radius 2 is 1.02 bits per heavy atom. The lowest BCUT2D eigenvalue weighted by Gasteiger charge is -2.51. The average Bonchev–Trinajstić information content (AvgIpc) is 1.13. The molecule has 8 heterocycles. The summed E-state index contributed by atoms with van der Waals surface area (Å²) < 4.78 is 90.7. The molecular formula is C60H80N2O22. The van der Waals surface area contributed by atoms with Gasteiger partial charge in [0.1, 0.15) is 72.2 Å². The molecule has 25 atom stereocenters. The predicted molar refractivity (Wildman–Crippen MR) is 288 cm³/mol. The Bertz CT molecular complexity index is 2870. The molecule has 0 saturated carbocycles. The van der Waals surface area contributed by atoms with E-state index in [1.54, 1.807) is 20.8 Å². The van der Waals surface area contributed by atoms with Gasteiger partial charge in [-0.1, -0.05) is 19.1 Å². The molecule has 84 heavy (non-hydrogen) atoms. The van der Waals surface area contributed by atoms with E-state index in [1.807, 2.05) is 65.7 Å². The van der Waals surface area contributed by atoms with E-state index in [2.05, 4.69) is 0 Å². The lowest BCUT2D eigenvalue weighted by atomic mass is 9.70. The van der Waals surface area contributed by atoms with E-state index in [4.69, 9.17) is 66.3 Å². The first-order valence-corrected chi connectivity index (χ1v) is 29.7. The van der Waals surface area contributed by atoms with Gasteiger partial charge in [-0.3, -0.25) is 19.2 Å². The van der Waals surface area contributed by atoms with Crippen molar-refractivity contribution in [3.63, 3.8) is 0 Å². The van der Waals surface area contributed by atoms with Crippen molar-refractivity contribution in [2.75, 3.05) is 28.2 Å². The molecule has 0 radical (unpaired) electrons. The van der Waals surface area contributed by atoms with E-state index in [1.165, 1.54) is 18.2 Å². The fraction of sp³-hybridized carbons (Fsp3) is 0.733. The minimum absolute atomic E-state index is 0.00834. The largest absolute Gasteiger partial charge is 0.507 e. The van der Waals surface area contributed by atoms with Gasteiger partial charge in [0.15, 0.2) is 55.1 Å². The second kappa shape index (κ2) is 23.1. The second-order valence-electron chi connectivity index (χ2n) is 25.0. The van der Waals surface area contributed by atoms with Gasteiger partial charge in [-0.25, -0.2) is 0 Å². The number of phenols is 3. The van der Waals surface area contributed by atoms with E-state index in [0.717, 1.165) is 0 Å². The van der Waals surface area contributed by atoms with Crippen molar-refractivity contribution in [3.8, 4) is 17.2 Å². The van der Waals surface area contributed by atoms with Crippen molar-refractivity contribution in [1.82, 2.24) is 9.80 Å². The zero-order chi connectivity index (χ0) is 59.7. The van der Waals surface area contributed by atoms with Crippen LogP contribution in [-0.4, -0.2) is 222 Å². The van der Waals surface area contributed by atoms with Crippen LogP contribution < -0.4 is 0 Å². The third-order valence-corrected chi connectivity index (χ3v) is 19.1. The van der Waals surface area contributed by atoms with Gasteiger partial charge in [0.25, 0.3) is 0 Å². The molecule has 25 unspecified atom stereocenters. The van der Waals surface area contributed by atoms with Crippen LogP contribution in [0.1, 0.15) is 155 Å². The number of ketones is 4. The summed E-state index contributed by atoms with van der Waals surface area (Å²) in [6.07, 6.45) is -14.3.